The van der Waals surface area contributed by atoms with E-state index in [2.05, 4.69) is 30.3 Å². The highest BCUT2D eigenvalue weighted by Gasteiger charge is 2.67. The predicted octanol–water partition coefficient (Wildman–Crippen LogP) is 7.64. The Balaban J connectivity index is 1.24. The van der Waals surface area contributed by atoms with E-state index in [0.717, 1.165) is 39.7 Å². The van der Waals surface area contributed by atoms with Crippen LogP contribution in [0.3, 0.4) is 0 Å². The van der Waals surface area contributed by atoms with Gasteiger partial charge in [0.15, 0.2) is 5.82 Å². The lowest BCUT2D eigenvalue weighted by atomic mass is 10.0. The summed E-state index contributed by atoms with van der Waals surface area (Å²) in [7, 11) is -4.13. The molecule has 14 nitrogen and oxygen atoms in total. The average Bonchev–Trinajstić information content (AvgIpc) is 4.08. The summed E-state index contributed by atoms with van der Waals surface area (Å²) in [5.74, 6) is -13.6. The second-order valence-electron chi connectivity index (χ2n) is 16.5. The molecule has 66 heavy (non-hydrogen) atoms. The highest BCUT2D eigenvalue weighted by Crippen LogP contribution is 2.68. The Morgan fingerprint density at radius 3 is 2.35 bits per heavy atom. The largest absolute Gasteiger partial charge is 0.344 e. The van der Waals surface area contributed by atoms with Crippen LogP contribution in [0, 0.1) is 17.6 Å². The van der Waals surface area contributed by atoms with Crippen molar-refractivity contribution in [3.8, 4) is 17.1 Å². The van der Waals surface area contributed by atoms with Crippen molar-refractivity contribution >= 4 is 44.3 Å². The maximum Gasteiger partial charge on any atom is 0.293 e. The van der Waals surface area contributed by atoms with E-state index in [-0.39, 0.29) is 50.5 Å². The minimum absolute atomic E-state index is 0.0788. The van der Waals surface area contributed by atoms with Gasteiger partial charge in [0.25, 0.3) is 30.3 Å². The van der Waals surface area contributed by atoms with Crippen molar-refractivity contribution in [2.45, 2.75) is 94.1 Å². The molecule has 3 aliphatic carbocycles. The third-order valence-electron chi connectivity index (χ3n) is 11.3. The molecule has 0 spiro atoms. The van der Waals surface area contributed by atoms with Gasteiger partial charge >= 0.3 is 0 Å². The Hall–Kier alpha value is -5.98. The van der Waals surface area contributed by atoms with Crippen LogP contribution in [0.1, 0.15) is 72.9 Å². The molecule has 2 N–H and O–H groups in total. The summed E-state index contributed by atoms with van der Waals surface area (Å²) in [5.41, 5.74) is -4.80. The molecule has 3 aliphatic rings. The van der Waals surface area contributed by atoms with Gasteiger partial charge in [0, 0.05) is 43.2 Å². The molecule has 4 aromatic heterocycles. The van der Waals surface area contributed by atoms with Crippen LogP contribution in [0.25, 0.3) is 28.0 Å². The van der Waals surface area contributed by atoms with Gasteiger partial charge in [-0.05, 0) is 61.1 Å². The number of sulfonamides is 1. The van der Waals surface area contributed by atoms with E-state index in [1.54, 1.807) is 0 Å². The predicted molar refractivity (Wildman–Crippen MR) is 214 cm³/mol. The summed E-state index contributed by atoms with van der Waals surface area (Å²) in [6, 6.07) is 4.80. The zero-order valence-electron chi connectivity index (χ0n) is 33.8. The minimum Gasteiger partial charge on any atom is -0.344 e. The van der Waals surface area contributed by atoms with Crippen LogP contribution < -0.4 is 15.6 Å². The quantitative estimate of drug-likeness (QED) is 0.0935. The second-order valence-corrected chi connectivity index (χ2v) is 18.8. The van der Waals surface area contributed by atoms with Gasteiger partial charge in [0.2, 0.25) is 15.9 Å². The fourth-order valence-electron chi connectivity index (χ4n) is 8.48. The lowest BCUT2D eigenvalue weighted by molar-refractivity contribution is -0.123. The molecule has 2 fully saturated rings. The molecule has 0 radical (unpaired) electrons. The summed E-state index contributed by atoms with van der Waals surface area (Å²) in [6.45, 7) is -2.63. The van der Waals surface area contributed by atoms with Crippen LogP contribution in [0.4, 0.5) is 49.7 Å². The molecule has 350 valence electrons. The highest BCUT2D eigenvalue weighted by atomic mass is 35.5. The van der Waals surface area contributed by atoms with Crippen LogP contribution in [-0.4, -0.2) is 70.8 Å². The van der Waals surface area contributed by atoms with Gasteiger partial charge in [-0.3, -0.25) is 32.9 Å². The topological polar surface area (TPSA) is 164 Å². The first-order valence-corrected chi connectivity index (χ1v) is 22.0. The number of halogens is 11. The van der Waals surface area contributed by atoms with E-state index >= 15 is 8.78 Å². The first kappa shape index (κ1) is 45.2. The summed E-state index contributed by atoms with van der Waals surface area (Å²) >= 11 is 6.59. The lowest BCUT2D eigenvalue weighted by Gasteiger charge is -2.24. The van der Waals surface area contributed by atoms with Crippen molar-refractivity contribution in [3.05, 3.63) is 104 Å². The molecule has 6 aromatic rings. The van der Waals surface area contributed by atoms with Gasteiger partial charge in [0.1, 0.15) is 54.2 Å². The van der Waals surface area contributed by atoms with Gasteiger partial charge in [-0.15, -0.1) is 0 Å². The average molecular weight is 975 g/mol. The van der Waals surface area contributed by atoms with Crippen molar-refractivity contribution in [2.75, 3.05) is 4.72 Å². The summed E-state index contributed by atoms with van der Waals surface area (Å²) in [6.07, 6.45) is -5.46. The van der Waals surface area contributed by atoms with Crippen LogP contribution >= 0.6 is 11.6 Å². The zero-order valence-corrected chi connectivity index (χ0v) is 35.4. The number of alkyl halides is 8. The van der Waals surface area contributed by atoms with E-state index in [4.69, 9.17) is 11.6 Å². The number of hydrogen-bond donors (Lipinski definition) is 2. The van der Waals surface area contributed by atoms with Crippen LogP contribution in [0.2, 0.25) is 5.02 Å². The van der Waals surface area contributed by atoms with Gasteiger partial charge < -0.3 is 5.32 Å². The van der Waals surface area contributed by atoms with Crippen LogP contribution in [0.15, 0.2) is 53.5 Å². The first-order valence-electron chi connectivity index (χ1n) is 20.0. The maximum absolute atomic E-state index is 15.5. The molecule has 3 atom stereocenters. The molecule has 2 aromatic carbocycles. The Bertz CT molecular complexity index is 3090. The number of aromatic nitrogens is 8. The molecule has 26 heteroatoms. The van der Waals surface area contributed by atoms with E-state index in [0.29, 0.717) is 35.2 Å². The normalized spacial score (nSPS) is 18.3. The number of benzene rings is 2. The fraction of sp³-hybridized carbons (Fsp3) is 0.400. The monoisotopic (exact) mass is 974 g/mol. The number of fused-ring (bicyclic) bond motifs is 4. The maximum atomic E-state index is 15.5. The van der Waals surface area contributed by atoms with Gasteiger partial charge in [-0.2, -0.15) is 24.1 Å². The van der Waals surface area contributed by atoms with E-state index < -0.39 is 130 Å². The van der Waals surface area contributed by atoms with Crippen molar-refractivity contribution < 1.29 is 57.1 Å². The standard InChI is InChI=1S/C40H33ClF10N10O4S/c1-39(48,49)16-58-7-6-24(54-58)25-13-30(63)61(27-5-4-23(41)32-34(27)59(14-28(44)45)56-37(32)57-66(64,65)20-2-3-20)38(53-25)26(10-17-8-18(42)11-19(43)9-17)52-29(62)15-60-35-31(33(55-60)36(46)47)21-12-22(21)40(35,50)51/h4-9,11,13,20-22,26,28,36H,2-3,10,12,14-16H2,1H3,(H,52,62)(H,56,57)/t21-,22+,26-/m0/s1. The number of rotatable bonds is 16. The van der Waals surface area contributed by atoms with E-state index in [1.807, 2.05) is 0 Å². The molecule has 1 amide bonds. The van der Waals surface area contributed by atoms with Crippen LogP contribution in [0.5, 0.6) is 0 Å². The molecule has 9 rings (SSSR count). The molecule has 2 saturated carbocycles. The van der Waals surface area contributed by atoms with Crippen molar-refractivity contribution in [1.29, 1.82) is 0 Å². The van der Waals surface area contributed by atoms with E-state index in [9.17, 15) is 53.1 Å². The lowest BCUT2D eigenvalue weighted by Crippen LogP contribution is -2.38. The Morgan fingerprint density at radius 2 is 1.70 bits per heavy atom. The van der Waals surface area contributed by atoms with Crippen molar-refractivity contribution in [2.24, 2.45) is 5.92 Å². The van der Waals surface area contributed by atoms with Crippen LogP contribution in [-0.2, 0) is 46.8 Å². The number of carbonyl (C=O) groups excluding carboxylic acids is 1. The number of hydrogen-bond acceptors (Lipinski definition) is 8. The number of nitrogens with zero attached hydrogens (tertiary/aromatic N) is 8. The van der Waals surface area contributed by atoms with Gasteiger partial charge in [-0.1, -0.05) is 11.6 Å². The third-order valence-corrected chi connectivity index (χ3v) is 13.5. The minimum atomic E-state index is -4.13. The van der Waals surface area contributed by atoms with Crippen molar-refractivity contribution in [3.63, 3.8) is 0 Å². The number of anilines is 1. The molecule has 0 saturated heterocycles. The summed E-state index contributed by atoms with van der Waals surface area (Å²) < 4.78 is 177. The second kappa shape index (κ2) is 16.1. The summed E-state index contributed by atoms with van der Waals surface area (Å²) in [4.78, 5) is 33.3. The third kappa shape index (κ3) is 8.49. The van der Waals surface area contributed by atoms with Gasteiger partial charge in [-0.25, -0.2) is 48.5 Å². The molecule has 0 bridgehead atoms. The smallest absolute Gasteiger partial charge is 0.293 e. The number of amides is 1. The summed E-state index contributed by atoms with van der Waals surface area (Å²) in [5, 5.41) is 13.0. The molecule has 0 aliphatic heterocycles. The molecular weight excluding hydrogens is 942 g/mol. The SMILES string of the molecule is CC(F)(F)Cn1ccc(-c2cc(=O)n(-c3ccc(Cl)c4c(NS(=O)(=O)C5CC5)nn(CC(F)F)c34)c([C@H](Cc3cc(F)cc(F)c3)NC(=O)Cn3nc(C(F)F)c4c3C(F)(F)[C@@H]3C[C@H]43)n2)n1. The Labute approximate surface area is 370 Å². The Kier molecular flexibility index (Phi) is 11.0. The van der Waals surface area contributed by atoms with Gasteiger partial charge in [0.05, 0.1) is 38.6 Å². The highest BCUT2D eigenvalue weighted by molar-refractivity contribution is 7.93. The zero-order chi connectivity index (χ0) is 47.4. The van der Waals surface area contributed by atoms with Crippen molar-refractivity contribution in [1.82, 2.24) is 44.2 Å². The number of nitrogens with one attached hydrogen (secondary N) is 2. The van der Waals surface area contributed by atoms with E-state index in [1.165, 1.54) is 12.1 Å². The number of carbonyl (C=O) groups is 1. The fourth-order valence-corrected chi connectivity index (χ4v) is 10.1. The Morgan fingerprint density at radius 1 is 0.985 bits per heavy atom. The molecular formula is C40H33ClF10N10O4S. The first-order chi connectivity index (χ1) is 31.0. The molecule has 4 heterocycles. The molecule has 0 unspecified atom stereocenters.